The fourth-order valence-corrected chi connectivity index (χ4v) is 5.57. The molecule has 0 aliphatic heterocycles. The second kappa shape index (κ2) is 16.5. The Morgan fingerprint density at radius 3 is 2.21 bits per heavy atom. The van der Waals surface area contributed by atoms with Gasteiger partial charge in [-0.05, 0) is 56.1 Å². The Bertz CT molecular complexity index is 1440. The SMILES string of the molecule is CO[C@](C#N)(COCN[C@@H](C)C(=O)OC1CCC(C(C)(C)C)CC1)[C@@H](OC(=O)C(C)C)[C@@H](OC(=O)C(C)C)c1ccc2c(N)ncnn12. The molecule has 3 N–H and O–H groups in total. The molecule has 2 heterocycles. The van der Waals surface area contributed by atoms with E-state index in [0.29, 0.717) is 11.4 Å². The number of anilines is 1. The highest BCUT2D eigenvalue weighted by atomic mass is 16.6. The van der Waals surface area contributed by atoms with Crippen LogP contribution in [0.3, 0.4) is 0 Å². The van der Waals surface area contributed by atoms with Crippen LogP contribution in [0.2, 0.25) is 0 Å². The summed E-state index contributed by atoms with van der Waals surface area (Å²) in [6.45, 7) is 14.3. The molecule has 0 bridgehead atoms. The lowest BCUT2D eigenvalue weighted by molar-refractivity contribution is -0.201. The highest BCUT2D eigenvalue weighted by molar-refractivity contribution is 5.75. The number of nitrogens with two attached hydrogens (primary N) is 1. The topological polar surface area (TPSA) is 189 Å². The summed E-state index contributed by atoms with van der Waals surface area (Å²) in [5.41, 5.74) is 4.97. The van der Waals surface area contributed by atoms with Crippen LogP contribution in [0.4, 0.5) is 5.82 Å². The molecule has 4 atom stereocenters. The summed E-state index contributed by atoms with van der Waals surface area (Å²) in [5.74, 6) is -2.08. The van der Waals surface area contributed by atoms with Crippen LogP contribution in [0.15, 0.2) is 18.5 Å². The zero-order chi connectivity index (χ0) is 35.8. The smallest absolute Gasteiger partial charge is 0.323 e. The third kappa shape index (κ3) is 9.42. The Balaban J connectivity index is 1.81. The van der Waals surface area contributed by atoms with Crippen LogP contribution in [0.25, 0.3) is 5.52 Å². The second-order valence-corrected chi connectivity index (χ2v) is 14.1. The zero-order valence-electron chi connectivity index (χ0n) is 29.6. The Morgan fingerprint density at radius 1 is 1.02 bits per heavy atom. The van der Waals surface area contributed by atoms with E-state index < -0.39 is 60.2 Å². The van der Waals surface area contributed by atoms with E-state index in [4.69, 9.17) is 29.4 Å². The molecule has 0 spiro atoms. The first-order valence-corrected chi connectivity index (χ1v) is 16.5. The van der Waals surface area contributed by atoms with Gasteiger partial charge in [-0.1, -0.05) is 48.5 Å². The number of aromatic nitrogens is 3. The van der Waals surface area contributed by atoms with Crippen molar-refractivity contribution in [2.45, 2.75) is 111 Å². The van der Waals surface area contributed by atoms with Crippen LogP contribution >= 0.6 is 0 Å². The van der Waals surface area contributed by atoms with Gasteiger partial charge in [-0.15, -0.1) is 0 Å². The van der Waals surface area contributed by atoms with Gasteiger partial charge in [-0.3, -0.25) is 19.7 Å². The molecule has 0 aromatic carbocycles. The summed E-state index contributed by atoms with van der Waals surface area (Å²) in [6, 6.07) is 4.61. The van der Waals surface area contributed by atoms with Crippen molar-refractivity contribution in [3.63, 3.8) is 0 Å². The average molecular weight is 673 g/mol. The molecule has 0 unspecified atom stereocenters. The number of ether oxygens (including phenoxy) is 5. The largest absolute Gasteiger partial charge is 0.461 e. The van der Waals surface area contributed by atoms with Crippen molar-refractivity contribution in [3.05, 3.63) is 24.2 Å². The first-order chi connectivity index (χ1) is 22.5. The average Bonchev–Trinajstić information content (AvgIpc) is 3.48. The molecule has 266 valence electrons. The normalized spacial score (nSPS) is 20.0. The number of rotatable bonds is 15. The van der Waals surface area contributed by atoms with E-state index in [0.717, 1.165) is 25.7 Å². The van der Waals surface area contributed by atoms with Crippen LogP contribution in [0.1, 0.15) is 92.9 Å². The number of fused-ring (bicyclic) bond motifs is 1. The minimum absolute atomic E-state index is 0.131. The molecule has 2 aromatic rings. The number of nitrogens with zero attached hydrogens (tertiary/aromatic N) is 4. The van der Waals surface area contributed by atoms with Crippen molar-refractivity contribution >= 4 is 29.2 Å². The molecule has 48 heavy (non-hydrogen) atoms. The van der Waals surface area contributed by atoms with Gasteiger partial charge in [-0.25, -0.2) is 9.50 Å². The first kappa shape index (κ1) is 38.6. The lowest BCUT2D eigenvalue weighted by Gasteiger charge is -2.37. The summed E-state index contributed by atoms with van der Waals surface area (Å²) >= 11 is 0. The van der Waals surface area contributed by atoms with E-state index in [9.17, 15) is 19.6 Å². The number of nitrogen functional groups attached to an aromatic ring is 1. The third-order valence-corrected chi connectivity index (χ3v) is 8.86. The molecule has 1 aliphatic rings. The van der Waals surface area contributed by atoms with Crippen LogP contribution in [0, 0.1) is 34.5 Å². The predicted octanol–water partition coefficient (Wildman–Crippen LogP) is 4.13. The van der Waals surface area contributed by atoms with Crippen molar-refractivity contribution < 1.29 is 38.1 Å². The number of hydrogen-bond donors (Lipinski definition) is 2. The molecular weight excluding hydrogens is 620 g/mol. The summed E-state index contributed by atoms with van der Waals surface area (Å²) in [4.78, 5) is 43.0. The molecule has 3 rings (SSSR count). The minimum atomic E-state index is -1.98. The van der Waals surface area contributed by atoms with Gasteiger partial charge >= 0.3 is 17.9 Å². The van der Waals surface area contributed by atoms with Gasteiger partial charge in [0.25, 0.3) is 0 Å². The standard InChI is InChI=1S/C34H52N6O8/c1-20(2)30(41)47-27(25-14-15-26-29(36)37-18-39-40(25)26)28(48-31(42)21(3)4)34(16-35,44-9)17-45-19-38-22(5)32(43)46-24-12-10-23(11-13-24)33(6,7)8/h14-15,18,20-24,27-28,38H,10-13,17,19H2,1-9H3,(H2,36,37,39)/t22-,23?,24?,27-,28-,34+/m0/s1. The monoisotopic (exact) mass is 672 g/mol. The van der Waals surface area contributed by atoms with Gasteiger partial charge in [0.15, 0.2) is 18.0 Å². The van der Waals surface area contributed by atoms with Gasteiger partial charge in [0.1, 0.15) is 30.1 Å². The number of hydrogen-bond acceptors (Lipinski definition) is 13. The Labute approximate surface area is 283 Å². The Hall–Kier alpha value is -3.80. The minimum Gasteiger partial charge on any atom is -0.461 e. The molecule has 2 aromatic heterocycles. The molecular formula is C34H52N6O8. The van der Waals surface area contributed by atoms with Crippen LogP contribution < -0.4 is 11.1 Å². The Morgan fingerprint density at radius 2 is 1.65 bits per heavy atom. The van der Waals surface area contributed by atoms with Crippen molar-refractivity contribution in [1.82, 2.24) is 19.9 Å². The Kier molecular flexibility index (Phi) is 13.3. The number of carbonyl (C=O) groups excluding carboxylic acids is 3. The number of methoxy groups -OCH3 is 1. The lowest BCUT2D eigenvalue weighted by atomic mass is 9.72. The van der Waals surface area contributed by atoms with Crippen molar-refractivity contribution in [2.75, 3.05) is 26.2 Å². The van der Waals surface area contributed by atoms with Gasteiger partial charge in [-0.2, -0.15) is 10.4 Å². The van der Waals surface area contributed by atoms with Crippen LogP contribution in [0.5, 0.6) is 0 Å². The number of carbonyl (C=O) groups is 3. The summed E-state index contributed by atoms with van der Waals surface area (Å²) in [6.07, 6.45) is 1.86. The maximum atomic E-state index is 13.1. The highest BCUT2D eigenvalue weighted by Crippen LogP contribution is 2.39. The summed E-state index contributed by atoms with van der Waals surface area (Å²) in [5, 5.41) is 17.8. The maximum absolute atomic E-state index is 13.1. The van der Waals surface area contributed by atoms with E-state index in [-0.39, 0.29) is 29.8 Å². The van der Waals surface area contributed by atoms with Crippen molar-refractivity contribution in [3.8, 4) is 6.07 Å². The van der Waals surface area contributed by atoms with Crippen molar-refractivity contribution in [2.24, 2.45) is 23.2 Å². The fourth-order valence-electron chi connectivity index (χ4n) is 5.57. The maximum Gasteiger partial charge on any atom is 0.323 e. The van der Waals surface area contributed by atoms with E-state index in [2.05, 4.69) is 42.2 Å². The molecule has 0 radical (unpaired) electrons. The molecule has 1 aliphatic carbocycles. The zero-order valence-corrected chi connectivity index (χ0v) is 29.6. The molecule has 14 heteroatoms. The highest BCUT2D eigenvalue weighted by Gasteiger charge is 2.51. The molecule has 0 saturated heterocycles. The third-order valence-electron chi connectivity index (χ3n) is 8.86. The van der Waals surface area contributed by atoms with Crippen LogP contribution in [-0.2, 0) is 38.1 Å². The molecule has 1 fully saturated rings. The van der Waals surface area contributed by atoms with Gasteiger partial charge < -0.3 is 29.4 Å². The van der Waals surface area contributed by atoms with E-state index in [1.54, 1.807) is 46.8 Å². The number of nitriles is 1. The van der Waals surface area contributed by atoms with E-state index in [1.165, 1.54) is 18.0 Å². The lowest BCUT2D eigenvalue weighted by Crippen LogP contribution is -2.54. The van der Waals surface area contributed by atoms with Crippen LogP contribution in [-0.4, -0.2) is 76.8 Å². The van der Waals surface area contributed by atoms with Gasteiger partial charge in [0, 0.05) is 7.11 Å². The summed E-state index contributed by atoms with van der Waals surface area (Å²) < 4.78 is 30.6. The van der Waals surface area contributed by atoms with E-state index in [1.807, 2.05) is 0 Å². The summed E-state index contributed by atoms with van der Waals surface area (Å²) in [7, 11) is 1.27. The second-order valence-electron chi connectivity index (χ2n) is 14.1. The number of esters is 3. The molecule has 0 amide bonds. The molecule has 1 saturated carbocycles. The quantitative estimate of drug-likeness (QED) is 0.119. The van der Waals surface area contributed by atoms with Gasteiger partial charge in [0.2, 0.25) is 5.60 Å². The fraction of sp³-hybridized carbons (Fsp3) is 0.706. The number of nitrogens with one attached hydrogen (secondary N) is 1. The molecule has 14 nitrogen and oxygen atoms in total. The van der Waals surface area contributed by atoms with Gasteiger partial charge in [0.05, 0.1) is 30.9 Å². The first-order valence-electron chi connectivity index (χ1n) is 16.5. The predicted molar refractivity (Wildman–Crippen MR) is 176 cm³/mol. The van der Waals surface area contributed by atoms with E-state index >= 15 is 0 Å². The van der Waals surface area contributed by atoms with Crippen molar-refractivity contribution in [1.29, 1.82) is 5.26 Å².